The number of thiocarbonyl (C=S) groups is 1. The minimum Gasteiger partial charge on any atom is -0.363 e. The summed E-state index contributed by atoms with van der Waals surface area (Å²) >= 11 is 6.81. The van der Waals surface area contributed by atoms with E-state index in [-0.39, 0.29) is 0 Å². The maximum atomic E-state index is 5.09. The van der Waals surface area contributed by atoms with Gasteiger partial charge in [0.15, 0.2) is 5.11 Å². The quantitative estimate of drug-likeness (QED) is 0.611. The Morgan fingerprint density at radius 1 is 1.50 bits per heavy atom. The highest BCUT2D eigenvalue weighted by molar-refractivity contribution is 7.98. The third-order valence-corrected chi connectivity index (χ3v) is 2.64. The lowest BCUT2D eigenvalue weighted by Crippen LogP contribution is -2.27. The summed E-state index contributed by atoms with van der Waals surface area (Å²) in [6.45, 7) is 2.86. The van der Waals surface area contributed by atoms with Crippen LogP contribution in [0.3, 0.4) is 0 Å². The van der Waals surface area contributed by atoms with E-state index in [1.165, 1.54) is 4.90 Å². The van der Waals surface area contributed by atoms with Crippen molar-refractivity contribution < 1.29 is 0 Å². The molecule has 0 aliphatic rings. The van der Waals surface area contributed by atoms with Gasteiger partial charge in [0.2, 0.25) is 0 Å². The van der Waals surface area contributed by atoms with Crippen molar-refractivity contribution in [2.45, 2.75) is 11.8 Å². The number of anilines is 1. The predicted molar refractivity (Wildman–Crippen MR) is 68.1 cm³/mol. The molecule has 1 aromatic rings. The molecule has 0 heterocycles. The molecule has 0 bridgehead atoms. The molecule has 0 amide bonds. The van der Waals surface area contributed by atoms with Crippen LogP contribution in [0, 0.1) is 0 Å². The van der Waals surface area contributed by atoms with Crippen molar-refractivity contribution in [3.63, 3.8) is 0 Å². The average Bonchev–Trinajstić information content (AvgIpc) is 2.18. The first kappa shape index (κ1) is 11.3. The molecule has 0 fully saturated rings. The van der Waals surface area contributed by atoms with Gasteiger partial charge in [-0.15, -0.1) is 11.8 Å². The van der Waals surface area contributed by atoms with Gasteiger partial charge in [0.25, 0.3) is 0 Å². The van der Waals surface area contributed by atoms with Crippen molar-refractivity contribution in [2.24, 2.45) is 0 Å². The van der Waals surface area contributed by atoms with E-state index in [2.05, 4.69) is 29.0 Å². The second-order valence-corrected chi connectivity index (χ2v) is 4.00. The molecular formula is C10H14N2S2. The van der Waals surface area contributed by atoms with Crippen molar-refractivity contribution in [3.05, 3.63) is 24.3 Å². The Balaban J connectivity index is 2.62. The van der Waals surface area contributed by atoms with Crippen LogP contribution < -0.4 is 10.6 Å². The highest BCUT2D eigenvalue weighted by Gasteiger charge is 1.96. The third kappa shape index (κ3) is 3.55. The number of benzene rings is 1. The van der Waals surface area contributed by atoms with Crippen molar-refractivity contribution in [1.29, 1.82) is 0 Å². The highest BCUT2D eigenvalue weighted by Crippen LogP contribution is 2.18. The molecule has 2 nitrogen and oxygen atoms in total. The van der Waals surface area contributed by atoms with Crippen molar-refractivity contribution in [3.8, 4) is 0 Å². The smallest absolute Gasteiger partial charge is 0.170 e. The van der Waals surface area contributed by atoms with Gasteiger partial charge in [-0.3, -0.25) is 0 Å². The SMILES string of the molecule is CCNC(=S)Nc1cccc(SC)c1. The first-order chi connectivity index (χ1) is 6.76. The fourth-order valence-corrected chi connectivity index (χ4v) is 1.76. The lowest BCUT2D eigenvalue weighted by atomic mass is 10.3. The molecule has 0 aliphatic heterocycles. The van der Waals surface area contributed by atoms with E-state index in [0.29, 0.717) is 5.11 Å². The Morgan fingerprint density at radius 2 is 2.29 bits per heavy atom. The fraction of sp³-hybridized carbons (Fsp3) is 0.300. The zero-order chi connectivity index (χ0) is 10.4. The molecule has 0 spiro atoms. The molecule has 14 heavy (non-hydrogen) atoms. The Labute approximate surface area is 94.5 Å². The van der Waals surface area contributed by atoms with Gasteiger partial charge in [-0.25, -0.2) is 0 Å². The molecule has 0 atom stereocenters. The fourth-order valence-electron chi connectivity index (χ4n) is 1.04. The summed E-state index contributed by atoms with van der Waals surface area (Å²) in [5.74, 6) is 0. The van der Waals surface area contributed by atoms with E-state index in [9.17, 15) is 0 Å². The minimum atomic E-state index is 0.672. The molecule has 0 aromatic heterocycles. The Morgan fingerprint density at radius 3 is 2.93 bits per heavy atom. The van der Waals surface area contributed by atoms with E-state index in [0.717, 1.165) is 12.2 Å². The largest absolute Gasteiger partial charge is 0.363 e. The van der Waals surface area contributed by atoms with Gasteiger partial charge in [0, 0.05) is 17.1 Å². The second kappa shape index (κ2) is 5.88. The molecule has 0 saturated heterocycles. The third-order valence-electron chi connectivity index (χ3n) is 1.66. The van der Waals surface area contributed by atoms with Gasteiger partial charge in [-0.05, 0) is 43.6 Å². The van der Waals surface area contributed by atoms with Gasteiger partial charge < -0.3 is 10.6 Å². The molecular weight excluding hydrogens is 212 g/mol. The zero-order valence-electron chi connectivity index (χ0n) is 8.33. The summed E-state index contributed by atoms with van der Waals surface area (Å²) in [5.41, 5.74) is 1.03. The normalized spacial score (nSPS) is 9.57. The average molecular weight is 226 g/mol. The van der Waals surface area contributed by atoms with Crippen molar-refractivity contribution >= 4 is 34.8 Å². The molecule has 1 aromatic carbocycles. The summed E-state index contributed by atoms with van der Waals surface area (Å²) < 4.78 is 0. The lowest BCUT2D eigenvalue weighted by molar-refractivity contribution is 0.979. The van der Waals surface area contributed by atoms with Gasteiger partial charge in [0.05, 0.1) is 0 Å². The Bertz CT molecular complexity index is 313. The van der Waals surface area contributed by atoms with Crippen molar-refractivity contribution in [1.82, 2.24) is 5.32 Å². The van der Waals surface area contributed by atoms with E-state index in [4.69, 9.17) is 12.2 Å². The molecule has 0 saturated carbocycles. The molecule has 0 aliphatic carbocycles. The number of rotatable bonds is 3. The van der Waals surface area contributed by atoms with Crippen LogP contribution in [0.1, 0.15) is 6.92 Å². The van der Waals surface area contributed by atoms with Crippen LogP contribution >= 0.6 is 24.0 Å². The van der Waals surface area contributed by atoms with Crippen LogP contribution in [-0.2, 0) is 0 Å². The van der Waals surface area contributed by atoms with E-state index < -0.39 is 0 Å². The maximum Gasteiger partial charge on any atom is 0.170 e. The number of hydrogen-bond donors (Lipinski definition) is 2. The van der Waals surface area contributed by atoms with Gasteiger partial charge >= 0.3 is 0 Å². The molecule has 4 heteroatoms. The van der Waals surface area contributed by atoms with Gasteiger partial charge in [-0.2, -0.15) is 0 Å². The van der Waals surface area contributed by atoms with E-state index in [1.807, 2.05) is 19.1 Å². The summed E-state index contributed by atoms with van der Waals surface area (Å²) in [7, 11) is 0. The summed E-state index contributed by atoms with van der Waals surface area (Å²) in [6.07, 6.45) is 2.06. The second-order valence-electron chi connectivity index (χ2n) is 2.72. The van der Waals surface area contributed by atoms with E-state index in [1.54, 1.807) is 11.8 Å². The minimum absolute atomic E-state index is 0.672. The predicted octanol–water partition coefficient (Wildman–Crippen LogP) is 2.71. The van der Waals surface area contributed by atoms with Crippen LogP contribution in [0.5, 0.6) is 0 Å². The summed E-state index contributed by atoms with van der Waals surface area (Å²) in [5, 5.41) is 6.84. The number of hydrogen-bond acceptors (Lipinski definition) is 2. The molecule has 0 radical (unpaired) electrons. The van der Waals surface area contributed by atoms with Crippen LogP contribution in [-0.4, -0.2) is 17.9 Å². The lowest BCUT2D eigenvalue weighted by Gasteiger charge is -2.09. The van der Waals surface area contributed by atoms with Crippen molar-refractivity contribution in [2.75, 3.05) is 18.1 Å². The summed E-state index contributed by atoms with van der Waals surface area (Å²) in [4.78, 5) is 1.23. The number of nitrogens with one attached hydrogen (secondary N) is 2. The monoisotopic (exact) mass is 226 g/mol. The summed E-state index contributed by atoms with van der Waals surface area (Å²) in [6, 6.07) is 8.17. The standard InChI is InChI=1S/C10H14N2S2/c1-3-11-10(13)12-8-5-4-6-9(7-8)14-2/h4-7H,3H2,1-2H3,(H2,11,12,13). The Kier molecular flexibility index (Phi) is 4.76. The first-order valence-corrected chi connectivity index (χ1v) is 6.08. The first-order valence-electron chi connectivity index (χ1n) is 4.45. The molecule has 1 rings (SSSR count). The highest BCUT2D eigenvalue weighted by atomic mass is 32.2. The van der Waals surface area contributed by atoms with Crippen LogP contribution in [0.4, 0.5) is 5.69 Å². The van der Waals surface area contributed by atoms with Crippen LogP contribution in [0.2, 0.25) is 0 Å². The van der Waals surface area contributed by atoms with Crippen LogP contribution in [0.15, 0.2) is 29.2 Å². The zero-order valence-corrected chi connectivity index (χ0v) is 9.97. The molecule has 0 unspecified atom stereocenters. The Hall–Kier alpha value is -0.740. The topological polar surface area (TPSA) is 24.1 Å². The van der Waals surface area contributed by atoms with Crippen LogP contribution in [0.25, 0.3) is 0 Å². The number of thioether (sulfide) groups is 1. The van der Waals surface area contributed by atoms with Gasteiger partial charge in [0.1, 0.15) is 0 Å². The van der Waals surface area contributed by atoms with Gasteiger partial charge in [-0.1, -0.05) is 6.07 Å². The van der Waals surface area contributed by atoms with E-state index >= 15 is 0 Å². The molecule has 76 valence electrons. The molecule has 2 N–H and O–H groups in total. The maximum absolute atomic E-state index is 5.09.